The third-order valence-electron chi connectivity index (χ3n) is 4.34. The number of methoxy groups -OCH3 is 1. The number of fused-ring (bicyclic) bond motifs is 1. The molecule has 0 aromatic heterocycles. The number of hydrogen-bond donors (Lipinski definition) is 0. The minimum absolute atomic E-state index is 0.0447. The number of hydrogen-bond acceptors (Lipinski definition) is 3. The van der Waals surface area contributed by atoms with Gasteiger partial charge in [0, 0.05) is 18.7 Å². The van der Waals surface area contributed by atoms with E-state index in [0.717, 1.165) is 12.8 Å². The Hall–Kier alpha value is -2.20. The zero-order valence-electron chi connectivity index (χ0n) is 14.5. The predicted octanol–water partition coefficient (Wildman–Crippen LogP) is 4.34. The number of benzene rings is 2. The zero-order chi connectivity index (χ0) is 17.8. The summed E-state index contributed by atoms with van der Waals surface area (Å²) >= 11 is 6.34. The summed E-state index contributed by atoms with van der Waals surface area (Å²) in [7, 11) is 1.55. The molecular formula is C20H22ClNO3. The monoisotopic (exact) mass is 359 g/mol. The van der Waals surface area contributed by atoms with E-state index in [1.54, 1.807) is 19.2 Å². The molecule has 0 atom stereocenters. The number of halogens is 1. The van der Waals surface area contributed by atoms with Gasteiger partial charge >= 0.3 is 0 Å². The molecule has 1 aliphatic heterocycles. The maximum Gasteiger partial charge on any atom is 0.254 e. The van der Waals surface area contributed by atoms with Crippen molar-refractivity contribution in [2.75, 3.05) is 20.3 Å². The van der Waals surface area contributed by atoms with Crippen molar-refractivity contribution >= 4 is 17.5 Å². The smallest absolute Gasteiger partial charge is 0.254 e. The van der Waals surface area contributed by atoms with Crippen LogP contribution in [0.2, 0.25) is 5.02 Å². The standard InChI is InChI=1S/C20H22ClNO3/c1-3-10-25-19-17(21)11-16(12-18(19)24-2)20(23)22-9-8-14-6-4-5-7-15(14)13-22/h4-7,11-12H,3,8-10,13H2,1-2H3. The van der Waals surface area contributed by atoms with Gasteiger partial charge in [-0.05, 0) is 36.1 Å². The summed E-state index contributed by atoms with van der Waals surface area (Å²) in [5, 5.41) is 0.397. The Balaban J connectivity index is 1.84. The number of ether oxygens (including phenoxy) is 2. The van der Waals surface area contributed by atoms with E-state index >= 15 is 0 Å². The topological polar surface area (TPSA) is 38.8 Å². The zero-order valence-corrected chi connectivity index (χ0v) is 15.3. The lowest BCUT2D eigenvalue weighted by Crippen LogP contribution is -2.35. The van der Waals surface area contributed by atoms with Gasteiger partial charge in [0.2, 0.25) is 0 Å². The van der Waals surface area contributed by atoms with Crippen LogP contribution in [0.25, 0.3) is 0 Å². The second-order valence-electron chi connectivity index (χ2n) is 6.08. The van der Waals surface area contributed by atoms with E-state index in [1.807, 2.05) is 24.0 Å². The van der Waals surface area contributed by atoms with Crippen LogP contribution in [0, 0.1) is 0 Å². The highest BCUT2D eigenvalue weighted by Gasteiger charge is 2.23. The molecule has 2 aromatic carbocycles. The van der Waals surface area contributed by atoms with Crippen LogP contribution in [0.15, 0.2) is 36.4 Å². The number of nitrogens with zero attached hydrogens (tertiary/aromatic N) is 1. The third kappa shape index (κ3) is 3.74. The largest absolute Gasteiger partial charge is 0.493 e. The first-order valence-electron chi connectivity index (χ1n) is 8.50. The molecule has 2 aromatic rings. The molecule has 1 aliphatic rings. The summed E-state index contributed by atoms with van der Waals surface area (Å²) in [4.78, 5) is 14.8. The number of carbonyl (C=O) groups is 1. The Morgan fingerprint density at radius 2 is 2.00 bits per heavy atom. The maximum atomic E-state index is 12.9. The van der Waals surface area contributed by atoms with E-state index in [1.165, 1.54) is 11.1 Å². The van der Waals surface area contributed by atoms with Gasteiger partial charge in [-0.1, -0.05) is 42.8 Å². The number of amides is 1. The lowest BCUT2D eigenvalue weighted by molar-refractivity contribution is 0.0734. The molecule has 0 bridgehead atoms. The average Bonchev–Trinajstić information content (AvgIpc) is 2.65. The normalized spacial score (nSPS) is 13.3. The van der Waals surface area contributed by atoms with Gasteiger partial charge in [0.25, 0.3) is 5.91 Å². The fraction of sp³-hybridized carbons (Fsp3) is 0.350. The van der Waals surface area contributed by atoms with Gasteiger partial charge in [-0.2, -0.15) is 0 Å². The molecule has 1 heterocycles. The number of rotatable bonds is 5. The molecule has 0 aliphatic carbocycles. The van der Waals surface area contributed by atoms with Crippen molar-refractivity contribution < 1.29 is 14.3 Å². The van der Waals surface area contributed by atoms with Crippen molar-refractivity contribution in [1.29, 1.82) is 0 Å². The predicted molar refractivity (Wildman–Crippen MR) is 98.7 cm³/mol. The minimum atomic E-state index is -0.0447. The Kier molecular flexibility index (Phi) is 5.49. The van der Waals surface area contributed by atoms with Crippen LogP contribution in [-0.2, 0) is 13.0 Å². The highest BCUT2D eigenvalue weighted by atomic mass is 35.5. The number of carbonyl (C=O) groups excluding carboxylic acids is 1. The van der Waals surface area contributed by atoms with E-state index in [0.29, 0.717) is 41.8 Å². The summed E-state index contributed by atoms with van der Waals surface area (Å²) in [5.41, 5.74) is 3.03. The molecule has 3 rings (SSSR count). The van der Waals surface area contributed by atoms with Crippen LogP contribution >= 0.6 is 11.6 Å². The van der Waals surface area contributed by atoms with Crippen LogP contribution in [-0.4, -0.2) is 31.1 Å². The second-order valence-corrected chi connectivity index (χ2v) is 6.49. The van der Waals surface area contributed by atoms with Gasteiger partial charge in [-0.3, -0.25) is 4.79 Å². The van der Waals surface area contributed by atoms with Crippen molar-refractivity contribution in [1.82, 2.24) is 4.90 Å². The first kappa shape index (κ1) is 17.6. The molecular weight excluding hydrogens is 338 g/mol. The third-order valence-corrected chi connectivity index (χ3v) is 4.63. The summed E-state index contributed by atoms with van der Waals surface area (Å²) in [5.74, 6) is 0.935. The lowest BCUT2D eigenvalue weighted by atomic mass is 9.99. The van der Waals surface area contributed by atoms with Crippen LogP contribution in [0.1, 0.15) is 34.8 Å². The maximum absolute atomic E-state index is 12.9. The van der Waals surface area contributed by atoms with Gasteiger partial charge in [0.1, 0.15) is 0 Å². The highest BCUT2D eigenvalue weighted by molar-refractivity contribution is 6.32. The van der Waals surface area contributed by atoms with Gasteiger partial charge in [-0.15, -0.1) is 0 Å². The van der Waals surface area contributed by atoms with E-state index < -0.39 is 0 Å². The van der Waals surface area contributed by atoms with Gasteiger partial charge < -0.3 is 14.4 Å². The fourth-order valence-electron chi connectivity index (χ4n) is 3.04. The Bertz CT molecular complexity index is 776. The Morgan fingerprint density at radius 1 is 1.24 bits per heavy atom. The van der Waals surface area contributed by atoms with Crippen molar-refractivity contribution in [2.24, 2.45) is 0 Å². The molecule has 0 fully saturated rings. The molecule has 0 radical (unpaired) electrons. The summed E-state index contributed by atoms with van der Waals surface area (Å²) < 4.78 is 11.0. The lowest BCUT2D eigenvalue weighted by Gasteiger charge is -2.29. The molecule has 132 valence electrons. The minimum Gasteiger partial charge on any atom is -0.493 e. The van der Waals surface area contributed by atoms with Crippen molar-refractivity contribution in [3.63, 3.8) is 0 Å². The SMILES string of the molecule is CCCOc1c(Cl)cc(C(=O)N2CCc3ccccc3C2)cc1OC. The molecule has 0 unspecified atom stereocenters. The Morgan fingerprint density at radius 3 is 2.72 bits per heavy atom. The fourth-order valence-corrected chi connectivity index (χ4v) is 3.30. The molecule has 0 saturated heterocycles. The van der Waals surface area contributed by atoms with Gasteiger partial charge in [0.15, 0.2) is 11.5 Å². The van der Waals surface area contributed by atoms with Crippen LogP contribution in [0.5, 0.6) is 11.5 Å². The highest BCUT2D eigenvalue weighted by Crippen LogP contribution is 2.37. The molecule has 25 heavy (non-hydrogen) atoms. The molecule has 5 heteroatoms. The van der Waals surface area contributed by atoms with Gasteiger partial charge in [0.05, 0.1) is 18.7 Å². The summed E-state index contributed by atoms with van der Waals surface area (Å²) in [6.07, 6.45) is 1.73. The average molecular weight is 360 g/mol. The van der Waals surface area contributed by atoms with E-state index in [9.17, 15) is 4.79 Å². The summed E-state index contributed by atoms with van der Waals surface area (Å²) in [6.45, 7) is 3.88. The van der Waals surface area contributed by atoms with Crippen molar-refractivity contribution in [2.45, 2.75) is 26.3 Å². The van der Waals surface area contributed by atoms with Crippen LogP contribution < -0.4 is 9.47 Å². The quantitative estimate of drug-likeness (QED) is 0.797. The van der Waals surface area contributed by atoms with E-state index in [-0.39, 0.29) is 5.91 Å². The van der Waals surface area contributed by atoms with E-state index in [2.05, 4.69) is 12.1 Å². The van der Waals surface area contributed by atoms with Crippen LogP contribution in [0.3, 0.4) is 0 Å². The first-order chi connectivity index (χ1) is 12.1. The van der Waals surface area contributed by atoms with Gasteiger partial charge in [-0.25, -0.2) is 0 Å². The Labute approximate surface area is 153 Å². The summed E-state index contributed by atoms with van der Waals surface area (Å²) in [6, 6.07) is 11.6. The molecule has 0 N–H and O–H groups in total. The molecule has 4 nitrogen and oxygen atoms in total. The van der Waals surface area contributed by atoms with Crippen molar-refractivity contribution in [3.8, 4) is 11.5 Å². The van der Waals surface area contributed by atoms with Crippen LogP contribution in [0.4, 0.5) is 0 Å². The molecule has 0 spiro atoms. The second kappa shape index (κ2) is 7.79. The molecule has 0 saturated carbocycles. The van der Waals surface area contributed by atoms with E-state index in [4.69, 9.17) is 21.1 Å². The van der Waals surface area contributed by atoms with Crippen molar-refractivity contribution in [3.05, 3.63) is 58.1 Å². The molecule has 1 amide bonds. The first-order valence-corrected chi connectivity index (χ1v) is 8.88.